The van der Waals surface area contributed by atoms with Crippen LogP contribution in [0.5, 0.6) is 0 Å². The van der Waals surface area contributed by atoms with Crippen molar-refractivity contribution in [3.8, 4) is 0 Å². The summed E-state index contributed by atoms with van der Waals surface area (Å²) in [7, 11) is 0. The van der Waals surface area contributed by atoms with E-state index in [0.29, 0.717) is 19.6 Å². The summed E-state index contributed by atoms with van der Waals surface area (Å²) in [6, 6.07) is -0.229. The van der Waals surface area contributed by atoms with Crippen LogP contribution in [0.3, 0.4) is 0 Å². The molecule has 1 fully saturated rings. The van der Waals surface area contributed by atoms with Gasteiger partial charge in [-0.2, -0.15) is 0 Å². The van der Waals surface area contributed by atoms with Gasteiger partial charge in [-0.25, -0.2) is 0 Å². The van der Waals surface area contributed by atoms with E-state index in [1.54, 1.807) is 13.8 Å². The predicted octanol–water partition coefficient (Wildman–Crippen LogP) is 0.623. The van der Waals surface area contributed by atoms with E-state index < -0.39 is 0 Å². The van der Waals surface area contributed by atoms with Crippen LogP contribution in [0.2, 0.25) is 0 Å². The molecule has 5 heteroatoms. The molecule has 0 aromatic heterocycles. The minimum atomic E-state index is -0.264. The fraction of sp³-hybridized carbons (Fsp3) is 0.818. The Balaban J connectivity index is 2.29. The quantitative estimate of drug-likeness (QED) is 0.700. The van der Waals surface area contributed by atoms with Crippen LogP contribution in [0.4, 0.5) is 0 Å². The van der Waals surface area contributed by atoms with Gasteiger partial charge in [-0.1, -0.05) is 0 Å². The van der Waals surface area contributed by atoms with Gasteiger partial charge in [-0.3, -0.25) is 9.59 Å². The van der Waals surface area contributed by atoms with Gasteiger partial charge in [-0.15, -0.1) is 0 Å². The molecule has 1 aliphatic heterocycles. The third kappa shape index (κ3) is 3.81. The highest BCUT2D eigenvalue weighted by atomic mass is 16.5. The lowest BCUT2D eigenvalue weighted by Gasteiger charge is -2.12. The molecule has 92 valence electrons. The number of rotatable bonds is 5. The molecule has 1 rings (SSSR count). The Morgan fingerprint density at radius 3 is 2.50 bits per heavy atom. The Hall–Kier alpha value is -1.10. The molecule has 0 aromatic carbocycles. The van der Waals surface area contributed by atoms with E-state index in [1.165, 1.54) is 0 Å². The summed E-state index contributed by atoms with van der Waals surface area (Å²) in [4.78, 5) is 22.6. The molecule has 0 radical (unpaired) electrons. The fourth-order valence-electron chi connectivity index (χ4n) is 1.83. The third-order valence-corrected chi connectivity index (χ3v) is 2.53. The average molecular weight is 229 g/mol. The summed E-state index contributed by atoms with van der Waals surface area (Å²) in [6.07, 6.45) is 1.86. The second kappa shape index (κ2) is 6.48. The van der Waals surface area contributed by atoms with Crippen molar-refractivity contribution in [3.63, 3.8) is 0 Å². The van der Waals surface area contributed by atoms with Crippen molar-refractivity contribution in [1.29, 1.82) is 0 Å². The van der Waals surface area contributed by atoms with Gasteiger partial charge in [0.15, 0.2) is 0 Å². The van der Waals surface area contributed by atoms with Gasteiger partial charge in [0.25, 0.3) is 0 Å². The number of ether oxygens (including phenoxy) is 2. The van der Waals surface area contributed by atoms with E-state index in [9.17, 15) is 9.59 Å². The second-order valence-electron chi connectivity index (χ2n) is 3.75. The average Bonchev–Trinajstić information content (AvgIpc) is 2.67. The van der Waals surface area contributed by atoms with Gasteiger partial charge < -0.3 is 14.8 Å². The summed E-state index contributed by atoms with van der Waals surface area (Å²) in [5, 5.41) is 3.09. The van der Waals surface area contributed by atoms with Crippen molar-refractivity contribution in [1.82, 2.24) is 5.32 Å². The Bertz CT molecular complexity index is 254. The lowest BCUT2D eigenvalue weighted by atomic mass is 10.1. The molecule has 0 spiro atoms. The summed E-state index contributed by atoms with van der Waals surface area (Å²) in [5.41, 5.74) is 0. The number of hydrogen-bond donors (Lipinski definition) is 1. The number of carbonyl (C=O) groups excluding carboxylic acids is 2. The van der Waals surface area contributed by atoms with Crippen molar-refractivity contribution >= 4 is 11.9 Å². The largest absolute Gasteiger partial charge is 0.466 e. The van der Waals surface area contributed by atoms with Crippen LogP contribution in [-0.2, 0) is 19.1 Å². The van der Waals surface area contributed by atoms with Crippen molar-refractivity contribution in [3.05, 3.63) is 0 Å². The smallest absolute Gasteiger partial charge is 0.323 e. The van der Waals surface area contributed by atoms with E-state index in [-0.39, 0.29) is 24.0 Å². The zero-order valence-electron chi connectivity index (χ0n) is 9.82. The molecule has 2 atom stereocenters. The Kier molecular flexibility index (Phi) is 5.25. The van der Waals surface area contributed by atoms with E-state index in [4.69, 9.17) is 9.47 Å². The van der Waals surface area contributed by atoms with Gasteiger partial charge >= 0.3 is 11.9 Å². The summed E-state index contributed by atoms with van der Waals surface area (Å²) >= 11 is 0. The first-order valence-corrected chi connectivity index (χ1v) is 5.75. The molecule has 0 aliphatic carbocycles. The van der Waals surface area contributed by atoms with Gasteiger partial charge in [-0.05, 0) is 26.7 Å². The Labute approximate surface area is 95.5 Å². The molecule has 1 heterocycles. The van der Waals surface area contributed by atoms with E-state index >= 15 is 0 Å². The van der Waals surface area contributed by atoms with Crippen LogP contribution in [0, 0.1) is 0 Å². The van der Waals surface area contributed by atoms with Crippen molar-refractivity contribution in [2.24, 2.45) is 0 Å². The zero-order valence-corrected chi connectivity index (χ0v) is 9.82. The lowest BCUT2D eigenvalue weighted by Crippen LogP contribution is -2.37. The molecule has 0 bridgehead atoms. The first kappa shape index (κ1) is 13.0. The van der Waals surface area contributed by atoms with Gasteiger partial charge in [0, 0.05) is 6.04 Å². The second-order valence-corrected chi connectivity index (χ2v) is 3.75. The molecular weight excluding hydrogens is 210 g/mol. The summed E-state index contributed by atoms with van der Waals surface area (Å²) in [5.74, 6) is -0.446. The molecule has 0 saturated carbocycles. The van der Waals surface area contributed by atoms with Crippen LogP contribution in [-0.4, -0.2) is 37.2 Å². The SMILES string of the molecule is CCOC(=O)C[C@H]1CC[C@@H](C(=O)OCC)N1. The number of esters is 2. The van der Waals surface area contributed by atoms with E-state index in [0.717, 1.165) is 12.8 Å². The van der Waals surface area contributed by atoms with Crippen LogP contribution in [0.25, 0.3) is 0 Å². The van der Waals surface area contributed by atoms with Crippen LogP contribution >= 0.6 is 0 Å². The number of carbonyl (C=O) groups is 2. The first-order chi connectivity index (χ1) is 7.67. The van der Waals surface area contributed by atoms with E-state index in [2.05, 4.69) is 5.32 Å². The standard InChI is InChI=1S/C11H19NO4/c1-3-15-10(13)7-8-5-6-9(12-8)11(14)16-4-2/h8-9,12H,3-7H2,1-2H3/t8-,9+/m1/s1. The minimum absolute atomic E-state index is 0.0356. The van der Waals surface area contributed by atoms with Crippen LogP contribution in [0.15, 0.2) is 0 Å². The first-order valence-electron chi connectivity index (χ1n) is 5.75. The molecule has 0 aromatic rings. The summed E-state index contributed by atoms with van der Waals surface area (Å²) in [6.45, 7) is 4.34. The topological polar surface area (TPSA) is 64.6 Å². The van der Waals surface area contributed by atoms with E-state index in [1.807, 2.05) is 0 Å². The predicted molar refractivity (Wildman–Crippen MR) is 57.8 cm³/mol. The maximum atomic E-state index is 11.4. The third-order valence-electron chi connectivity index (χ3n) is 2.53. The Morgan fingerprint density at radius 2 is 1.88 bits per heavy atom. The highest BCUT2D eigenvalue weighted by molar-refractivity contribution is 5.76. The minimum Gasteiger partial charge on any atom is -0.466 e. The molecule has 0 amide bonds. The van der Waals surface area contributed by atoms with Crippen LogP contribution in [0.1, 0.15) is 33.1 Å². The van der Waals surface area contributed by atoms with Crippen molar-refractivity contribution < 1.29 is 19.1 Å². The maximum Gasteiger partial charge on any atom is 0.323 e. The molecule has 1 saturated heterocycles. The summed E-state index contributed by atoms with van der Waals surface area (Å²) < 4.78 is 9.76. The molecule has 1 aliphatic rings. The van der Waals surface area contributed by atoms with Gasteiger partial charge in [0.1, 0.15) is 6.04 Å². The molecule has 0 unspecified atom stereocenters. The Morgan fingerprint density at radius 1 is 1.19 bits per heavy atom. The number of nitrogens with one attached hydrogen (secondary N) is 1. The monoisotopic (exact) mass is 229 g/mol. The molecule has 16 heavy (non-hydrogen) atoms. The highest BCUT2D eigenvalue weighted by Crippen LogP contribution is 2.16. The van der Waals surface area contributed by atoms with Crippen LogP contribution < -0.4 is 5.32 Å². The van der Waals surface area contributed by atoms with Crippen molar-refractivity contribution in [2.45, 2.75) is 45.2 Å². The lowest BCUT2D eigenvalue weighted by molar-refractivity contribution is -0.146. The van der Waals surface area contributed by atoms with Gasteiger partial charge in [0.05, 0.1) is 19.6 Å². The normalized spacial score (nSPS) is 24.1. The van der Waals surface area contributed by atoms with Gasteiger partial charge in [0.2, 0.25) is 0 Å². The fourth-order valence-corrected chi connectivity index (χ4v) is 1.83. The molecule has 5 nitrogen and oxygen atoms in total. The molecule has 1 N–H and O–H groups in total. The zero-order chi connectivity index (χ0) is 12.0. The number of hydrogen-bond acceptors (Lipinski definition) is 5. The highest BCUT2D eigenvalue weighted by Gasteiger charge is 2.31. The maximum absolute atomic E-state index is 11.4. The molecular formula is C11H19NO4. The van der Waals surface area contributed by atoms with Crippen molar-refractivity contribution in [2.75, 3.05) is 13.2 Å².